The van der Waals surface area contributed by atoms with Gasteiger partial charge in [-0.1, -0.05) is 49.0 Å². The van der Waals surface area contributed by atoms with Gasteiger partial charge in [0.05, 0.1) is 20.7 Å². The summed E-state index contributed by atoms with van der Waals surface area (Å²) in [5, 5.41) is 2.69. The van der Waals surface area contributed by atoms with E-state index >= 15 is 0 Å². The van der Waals surface area contributed by atoms with Crippen LogP contribution >= 0.6 is 35.3 Å². The molecule has 1 heterocycles. The fraction of sp³-hybridized carbons (Fsp3) is 0.174. The van der Waals surface area contributed by atoms with Crippen LogP contribution in [0.1, 0.15) is 34.8 Å². The number of imide groups is 1. The Labute approximate surface area is 204 Å². The number of carbonyl (C=O) groups excluding carboxylic acids is 3. The molecule has 0 saturated carbocycles. The largest absolute Gasteiger partial charge is 0.329 e. The van der Waals surface area contributed by atoms with Crippen LogP contribution in [-0.4, -0.2) is 17.8 Å². The highest BCUT2D eigenvalue weighted by molar-refractivity contribution is 8.24. The predicted octanol–water partition coefficient (Wildman–Crippen LogP) is 6.33. The van der Waals surface area contributed by atoms with Crippen LogP contribution in [0.15, 0.2) is 57.7 Å². The minimum absolute atomic E-state index is 0.000215. The number of hydrogen-bond donors (Lipinski definition) is 2. The van der Waals surface area contributed by atoms with Crippen LogP contribution in [0.4, 0.5) is 20.6 Å². The lowest BCUT2D eigenvalue weighted by atomic mass is 9.97. The van der Waals surface area contributed by atoms with Crippen LogP contribution in [0.25, 0.3) is 0 Å². The standard InChI is InChI=1S/C23H21ClFN3O3S2/c1-4-5-20(24)32-14(3)33-27-23(31)26-17-8-9-19(13(2)10-17)28-21(29)11-15-6-7-16(25)12-18(15)22(28)30/h5-10,12H,3-4,11H2,1-2H3,(H2,26,27,31)/b20-5-. The Morgan fingerprint density at radius 3 is 2.73 bits per heavy atom. The molecule has 4 amide bonds. The second-order valence-corrected chi connectivity index (χ2v) is 9.99. The Hall–Kier alpha value is -2.75. The number of rotatable bonds is 7. The maximum atomic E-state index is 13.6. The highest BCUT2D eigenvalue weighted by atomic mass is 35.5. The molecule has 0 spiro atoms. The molecular formula is C23H21ClFN3O3S2. The van der Waals surface area contributed by atoms with Crippen molar-refractivity contribution in [3.63, 3.8) is 0 Å². The van der Waals surface area contributed by atoms with E-state index < -0.39 is 23.7 Å². The van der Waals surface area contributed by atoms with Crippen molar-refractivity contribution in [3.05, 3.63) is 80.2 Å². The fourth-order valence-corrected chi connectivity index (χ4v) is 5.05. The number of aryl methyl sites for hydroxylation is 1. The van der Waals surface area contributed by atoms with Crippen LogP contribution in [-0.2, 0) is 11.2 Å². The first-order chi connectivity index (χ1) is 15.7. The van der Waals surface area contributed by atoms with Gasteiger partial charge in [0.1, 0.15) is 5.82 Å². The first-order valence-electron chi connectivity index (χ1n) is 9.92. The van der Waals surface area contributed by atoms with Crippen molar-refractivity contribution in [1.82, 2.24) is 4.72 Å². The van der Waals surface area contributed by atoms with Gasteiger partial charge in [-0.3, -0.25) is 14.3 Å². The summed E-state index contributed by atoms with van der Waals surface area (Å²) in [5.74, 6) is -1.52. The topological polar surface area (TPSA) is 78.5 Å². The van der Waals surface area contributed by atoms with Gasteiger partial charge in [0.2, 0.25) is 5.91 Å². The van der Waals surface area contributed by atoms with E-state index in [1.807, 2.05) is 13.0 Å². The summed E-state index contributed by atoms with van der Waals surface area (Å²) in [6, 6.07) is 8.15. The third-order valence-electron chi connectivity index (χ3n) is 4.63. The lowest BCUT2D eigenvalue weighted by Crippen LogP contribution is -2.43. The molecule has 1 aliphatic heterocycles. The van der Waals surface area contributed by atoms with E-state index in [1.165, 1.54) is 23.9 Å². The average Bonchev–Trinajstić information content (AvgIpc) is 2.74. The molecule has 0 aromatic heterocycles. The zero-order chi connectivity index (χ0) is 24.1. The van der Waals surface area contributed by atoms with Gasteiger partial charge in [-0.05, 0) is 66.8 Å². The summed E-state index contributed by atoms with van der Waals surface area (Å²) in [4.78, 5) is 38.8. The van der Waals surface area contributed by atoms with Crippen LogP contribution in [0, 0.1) is 12.7 Å². The molecule has 2 aromatic carbocycles. The Bertz CT molecular complexity index is 1170. The molecule has 33 heavy (non-hydrogen) atoms. The Morgan fingerprint density at radius 2 is 2.03 bits per heavy atom. The highest BCUT2D eigenvalue weighted by Gasteiger charge is 2.33. The van der Waals surface area contributed by atoms with Crippen molar-refractivity contribution in [2.75, 3.05) is 10.2 Å². The van der Waals surface area contributed by atoms with Gasteiger partial charge in [-0.25, -0.2) is 14.1 Å². The van der Waals surface area contributed by atoms with Crippen LogP contribution in [0.2, 0.25) is 0 Å². The molecule has 6 nitrogen and oxygen atoms in total. The summed E-state index contributed by atoms with van der Waals surface area (Å²) >= 11 is 8.31. The van der Waals surface area contributed by atoms with E-state index in [2.05, 4.69) is 16.6 Å². The molecule has 0 bridgehead atoms. The first kappa shape index (κ1) is 24.9. The second kappa shape index (κ2) is 10.9. The van der Waals surface area contributed by atoms with E-state index in [9.17, 15) is 18.8 Å². The summed E-state index contributed by atoms with van der Waals surface area (Å²) in [7, 11) is 0. The molecule has 3 rings (SSSR count). The fourth-order valence-electron chi connectivity index (χ4n) is 3.20. The van der Waals surface area contributed by atoms with E-state index in [0.717, 1.165) is 29.3 Å². The smallest absolute Gasteiger partial charge is 0.307 e. The van der Waals surface area contributed by atoms with E-state index in [1.54, 1.807) is 25.1 Å². The molecule has 2 aromatic rings. The number of urea groups is 1. The molecule has 2 N–H and O–H groups in total. The number of anilines is 2. The number of hydrogen-bond acceptors (Lipinski definition) is 5. The van der Waals surface area contributed by atoms with Gasteiger partial charge in [0, 0.05) is 11.3 Å². The number of benzene rings is 2. The van der Waals surface area contributed by atoms with E-state index in [4.69, 9.17) is 11.6 Å². The van der Waals surface area contributed by atoms with Gasteiger partial charge in [0.25, 0.3) is 5.91 Å². The van der Waals surface area contributed by atoms with Crippen molar-refractivity contribution in [2.24, 2.45) is 0 Å². The summed E-state index contributed by atoms with van der Waals surface area (Å²) in [6.45, 7) is 7.52. The Morgan fingerprint density at radius 1 is 1.27 bits per heavy atom. The van der Waals surface area contributed by atoms with Gasteiger partial charge in [-0.15, -0.1) is 0 Å². The Balaban J connectivity index is 1.67. The van der Waals surface area contributed by atoms with Gasteiger partial charge in [0.15, 0.2) is 0 Å². The number of allylic oxidation sites excluding steroid dienone is 1. The predicted molar refractivity (Wildman–Crippen MR) is 134 cm³/mol. The van der Waals surface area contributed by atoms with Crippen molar-refractivity contribution in [2.45, 2.75) is 26.7 Å². The maximum Gasteiger partial charge on any atom is 0.329 e. The third-order valence-corrected chi connectivity index (χ3v) is 6.62. The number of fused-ring (bicyclic) bond motifs is 1. The molecule has 10 heteroatoms. The monoisotopic (exact) mass is 505 g/mol. The van der Waals surface area contributed by atoms with E-state index in [0.29, 0.717) is 31.1 Å². The van der Waals surface area contributed by atoms with Crippen LogP contribution in [0.3, 0.4) is 0 Å². The number of halogens is 2. The molecule has 0 aliphatic carbocycles. The molecule has 172 valence electrons. The van der Waals surface area contributed by atoms with Crippen molar-refractivity contribution in [1.29, 1.82) is 0 Å². The normalized spacial score (nSPS) is 13.6. The first-order valence-corrected chi connectivity index (χ1v) is 11.9. The minimum atomic E-state index is -0.578. The summed E-state index contributed by atoms with van der Waals surface area (Å²) < 4.78 is 17.4. The average molecular weight is 506 g/mol. The minimum Gasteiger partial charge on any atom is -0.307 e. The zero-order valence-corrected chi connectivity index (χ0v) is 20.3. The number of nitrogens with one attached hydrogen (secondary N) is 2. The Kier molecular flexibility index (Phi) is 8.23. The maximum absolute atomic E-state index is 13.6. The zero-order valence-electron chi connectivity index (χ0n) is 17.9. The third kappa shape index (κ3) is 6.19. The molecule has 0 saturated heterocycles. The van der Waals surface area contributed by atoms with Crippen LogP contribution < -0.4 is 14.9 Å². The molecule has 0 fully saturated rings. The molecule has 0 radical (unpaired) electrons. The van der Waals surface area contributed by atoms with Crippen molar-refractivity contribution >= 4 is 64.5 Å². The highest BCUT2D eigenvalue weighted by Crippen LogP contribution is 2.34. The lowest BCUT2D eigenvalue weighted by Gasteiger charge is -2.28. The number of thioether (sulfide) groups is 1. The van der Waals surface area contributed by atoms with Gasteiger partial charge < -0.3 is 5.32 Å². The summed E-state index contributed by atoms with van der Waals surface area (Å²) in [5.41, 5.74) is 2.11. The molecule has 0 unspecified atom stereocenters. The number of carbonyl (C=O) groups is 3. The summed E-state index contributed by atoms with van der Waals surface area (Å²) in [6.07, 6.45) is 2.64. The molecule has 0 atom stereocenters. The molecule has 1 aliphatic rings. The SMILES string of the molecule is C=C(SNC(=O)Nc1ccc(N2C(=O)Cc3ccc(F)cc3C2=O)c(C)c1)S/C(Cl)=C\CC. The lowest BCUT2D eigenvalue weighted by molar-refractivity contribution is -0.117. The van der Waals surface area contributed by atoms with Crippen molar-refractivity contribution < 1.29 is 18.8 Å². The van der Waals surface area contributed by atoms with Crippen molar-refractivity contribution in [3.8, 4) is 0 Å². The second-order valence-electron chi connectivity index (χ2n) is 7.06. The van der Waals surface area contributed by atoms with Gasteiger partial charge in [-0.2, -0.15) is 0 Å². The quantitative estimate of drug-likeness (QED) is 0.339. The number of nitrogens with zero attached hydrogens (tertiary/aromatic N) is 1. The van der Waals surface area contributed by atoms with Crippen LogP contribution in [0.5, 0.6) is 0 Å². The molecular weight excluding hydrogens is 485 g/mol. The van der Waals surface area contributed by atoms with Gasteiger partial charge >= 0.3 is 6.03 Å². The number of amides is 4. The van der Waals surface area contributed by atoms with E-state index in [-0.39, 0.29) is 12.0 Å².